The van der Waals surface area contributed by atoms with Gasteiger partial charge in [0, 0.05) is 12.4 Å². The van der Waals surface area contributed by atoms with Crippen molar-refractivity contribution in [1.82, 2.24) is 9.97 Å². The Labute approximate surface area is 158 Å². The van der Waals surface area contributed by atoms with Crippen molar-refractivity contribution in [3.63, 3.8) is 0 Å². The van der Waals surface area contributed by atoms with Gasteiger partial charge in [0.1, 0.15) is 0 Å². The Kier molecular flexibility index (Phi) is 7.33. The molecule has 4 aromatic heterocycles. The maximum Gasteiger partial charge on any atom is 2.00 e. The Morgan fingerprint density at radius 2 is 1.17 bits per heavy atom. The quantitative estimate of drug-likeness (QED) is 0.342. The summed E-state index contributed by atoms with van der Waals surface area (Å²) in [6, 6.07) is 21.7. The first-order chi connectivity index (χ1) is 10.9. The summed E-state index contributed by atoms with van der Waals surface area (Å²) in [5, 5.41) is 4.06. The molecular formula is C18H12N2PtS2. The van der Waals surface area contributed by atoms with E-state index in [9.17, 15) is 0 Å². The van der Waals surface area contributed by atoms with E-state index in [1.165, 1.54) is 9.75 Å². The van der Waals surface area contributed by atoms with E-state index in [1.54, 1.807) is 35.1 Å². The molecule has 0 saturated carbocycles. The molecule has 4 rings (SSSR count). The largest absolute Gasteiger partial charge is 2.00 e. The third-order valence-electron chi connectivity index (χ3n) is 2.74. The van der Waals surface area contributed by atoms with Crippen molar-refractivity contribution >= 4 is 22.7 Å². The first-order valence-electron chi connectivity index (χ1n) is 6.66. The Morgan fingerprint density at radius 3 is 1.48 bits per heavy atom. The van der Waals surface area contributed by atoms with Gasteiger partial charge in [0.05, 0.1) is 11.4 Å². The first-order valence-corrected chi connectivity index (χ1v) is 8.42. The SMILES string of the molecule is [Pt+2].[c-]1ccsc1-c1[c-]ccs1.c1ccc(-c2ccccn2)nc1. The van der Waals surface area contributed by atoms with Crippen LogP contribution in [-0.2, 0) is 21.1 Å². The van der Waals surface area contributed by atoms with E-state index >= 15 is 0 Å². The number of nitrogens with zero attached hydrogens (tertiary/aromatic N) is 2. The van der Waals surface area contributed by atoms with Gasteiger partial charge in [0.15, 0.2) is 0 Å². The molecular weight excluding hydrogens is 503 g/mol. The summed E-state index contributed by atoms with van der Waals surface area (Å²) >= 11 is 3.41. The number of aromatic nitrogens is 2. The summed E-state index contributed by atoms with van der Waals surface area (Å²) < 4.78 is 0. The van der Waals surface area contributed by atoms with E-state index in [1.807, 2.05) is 59.3 Å². The van der Waals surface area contributed by atoms with Gasteiger partial charge in [-0.05, 0) is 24.3 Å². The van der Waals surface area contributed by atoms with Crippen LogP contribution in [0.3, 0.4) is 0 Å². The van der Waals surface area contributed by atoms with Gasteiger partial charge in [0.2, 0.25) is 0 Å². The molecule has 0 N–H and O–H groups in total. The van der Waals surface area contributed by atoms with Gasteiger partial charge in [-0.15, -0.1) is 10.8 Å². The van der Waals surface area contributed by atoms with Crippen LogP contribution >= 0.6 is 22.7 Å². The van der Waals surface area contributed by atoms with E-state index in [0.29, 0.717) is 0 Å². The van der Waals surface area contributed by atoms with Crippen LogP contribution in [0.2, 0.25) is 0 Å². The van der Waals surface area contributed by atoms with E-state index in [-0.39, 0.29) is 21.1 Å². The molecule has 116 valence electrons. The maximum atomic E-state index is 4.19. The summed E-state index contributed by atoms with van der Waals surface area (Å²) in [5.41, 5.74) is 1.83. The monoisotopic (exact) mass is 515 g/mol. The van der Waals surface area contributed by atoms with Crippen LogP contribution in [0.25, 0.3) is 21.1 Å². The minimum absolute atomic E-state index is 0. The van der Waals surface area contributed by atoms with Crippen LogP contribution in [0, 0.1) is 12.1 Å². The van der Waals surface area contributed by atoms with Crippen molar-refractivity contribution in [2.75, 3.05) is 0 Å². The van der Waals surface area contributed by atoms with Gasteiger partial charge < -0.3 is 22.7 Å². The second kappa shape index (κ2) is 9.51. The van der Waals surface area contributed by atoms with Crippen LogP contribution in [0.4, 0.5) is 0 Å². The molecule has 4 aromatic rings. The van der Waals surface area contributed by atoms with Crippen molar-refractivity contribution in [3.05, 3.63) is 83.8 Å². The average Bonchev–Trinajstić information content (AvgIpc) is 3.30. The molecule has 0 aliphatic rings. The maximum absolute atomic E-state index is 4.19. The molecule has 0 radical (unpaired) electrons. The Morgan fingerprint density at radius 1 is 0.696 bits per heavy atom. The molecule has 0 unspecified atom stereocenters. The smallest absolute Gasteiger partial charge is 0.305 e. The molecule has 4 heterocycles. The van der Waals surface area contributed by atoms with E-state index < -0.39 is 0 Å². The normalized spacial score (nSPS) is 9.39. The molecule has 0 aromatic carbocycles. The summed E-state index contributed by atoms with van der Waals surface area (Å²) in [4.78, 5) is 10.8. The number of pyridine rings is 2. The van der Waals surface area contributed by atoms with Gasteiger partial charge in [-0.3, -0.25) is 9.97 Å². The van der Waals surface area contributed by atoms with Crippen LogP contribution in [0.5, 0.6) is 0 Å². The first kappa shape index (κ1) is 17.7. The molecule has 0 aliphatic heterocycles. The summed E-state index contributed by atoms with van der Waals surface area (Å²) in [6.07, 6.45) is 3.54. The standard InChI is InChI=1S/C10H8N2.C8H4S2.Pt/c1-3-7-11-9(5-1)10-6-2-4-8-12-10;1-3-7(9-5-1)8-4-2-6-10-8;/h1-8H;1-2,5-6H;/q;-2;+2. The van der Waals surface area contributed by atoms with Gasteiger partial charge in [0.25, 0.3) is 0 Å². The molecule has 0 bridgehead atoms. The van der Waals surface area contributed by atoms with Crippen LogP contribution in [0.15, 0.2) is 71.7 Å². The van der Waals surface area contributed by atoms with E-state index in [2.05, 4.69) is 22.1 Å². The zero-order valence-corrected chi connectivity index (χ0v) is 15.9. The van der Waals surface area contributed by atoms with Crippen LogP contribution in [-0.4, -0.2) is 9.97 Å². The topological polar surface area (TPSA) is 25.8 Å². The predicted octanol–water partition coefficient (Wildman–Crippen LogP) is 5.22. The molecule has 2 nitrogen and oxygen atoms in total. The number of hydrogen-bond acceptors (Lipinski definition) is 4. The van der Waals surface area contributed by atoms with E-state index in [4.69, 9.17) is 0 Å². The fourth-order valence-electron chi connectivity index (χ4n) is 1.76. The van der Waals surface area contributed by atoms with Gasteiger partial charge in [-0.2, -0.15) is 21.9 Å². The summed E-state index contributed by atoms with van der Waals surface area (Å²) in [7, 11) is 0. The summed E-state index contributed by atoms with van der Waals surface area (Å²) in [5.74, 6) is 0. The van der Waals surface area contributed by atoms with Crippen LogP contribution < -0.4 is 0 Å². The van der Waals surface area contributed by atoms with Gasteiger partial charge >= 0.3 is 21.1 Å². The zero-order valence-electron chi connectivity index (χ0n) is 12.0. The fourth-order valence-corrected chi connectivity index (χ4v) is 3.20. The minimum Gasteiger partial charge on any atom is -0.305 e. The van der Waals surface area contributed by atoms with E-state index in [0.717, 1.165) is 11.4 Å². The molecule has 0 amide bonds. The molecule has 0 atom stereocenters. The minimum atomic E-state index is 0. The molecule has 5 heteroatoms. The molecule has 0 spiro atoms. The number of hydrogen-bond donors (Lipinski definition) is 0. The van der Waals surface area contributed by atoms with Crippen molar-refractivity contribution in [1.29, 1.82) is 0 Å². The van der Waals surface area contributed by atoms with Crippen LogP contribution in [0.1, 0.15) is 0 Å². The van der Waals surface area contributed by atoms with Crippen molar-refractivity contribution in [3.8, 4) is 21.1 Å². The predicted molar refractivity (Wildman–Crippen MR) is 92.8 cm³/mol. The molecule has 0 aliphatic carbocycles. The fraction of sp³-hybridized carbons (Fsp3) is 0. The van der Waals surface area contributed by atoms with Crippen molar-refractivity contribution in [2.45, 2.75) is 0 Å². The van der Waals surface area contributed by atoms with Gasteiger partial charge in [-0.1, -0.05) is 12.1 Å². The number of rotatable bonds is 2. The number of thiophene rings is 2. The Balaban J connectivity index is 0.000000162. The molecule has 23 heavy (non-hydrogen) atoms. The third-order valence-corrected chi connectivity index (χ3v) is 4.52. The van der Waals surface area contributed by atoms with Crippen molar-refractivity contribution in [2.24, 2.45) is 0 Å². The average molecular weight is 516 g/mol. The second-order valence-electron chi connectivity index (χ2n) is 4.22. The third kappa shape index (κ3) is 5.21. The Hall–Kier alpha value is -1.61. The molecule has 0 saturated heterocycles. The second-order valence-corrected chi connectivity index (χ2v) is 6.05. The summed E-state index contributed by atoms with van der Waals surface area (Å²) in [6.45, 7) is 0. The van der Waals surface area contributed by atoms with Crippen molar-refractivity contribution < 1.29 is 21.1 Å². The van der Waals surface area contributed by atoms with Gasteiger partial charge in [-0.25, -0.2) is 12.1 Å². The zero-order chi connectivity index (χ0) is 15.0. The molecule has 0 fully saturated rings. The Bertz CT molecular complexity index is 701.